The average molecular weight is 228 g/mol. The summed E-state index contributed by atoms with van der Waals surface area (Å²) in [5.74, 6) is 0.506. The number of benzene rings is 1. The van der Waals surface area contributed by atoms with Gasteiger partial charge in [0.05, 0.1) is 12.7 Å². The van der Waals surface area contributed by atoms with Crippen LogP contribution in [0.4, 0.5) is 0 Å². The molecule has 0 fully saturated rings. The third-order valence-electron chi connectivity index (χ3n) is 2.99. The lowest BCUT2D eigenvalue weighted by Gasteiger charge is -2.19. The summed E-state index contributed by atoms with van der Waals surface area (Å²) in [4.78, 5) is 0. The van der Waals surface area contributed by atoms with Crippen molar-refractivity contribution in [2.75, 3.05) is 6.61 Å². The first kappa shape index (κ1) is 12.1. The Balaban J connectivity index is 1.97. The molecule has 0 bridgehead atoms. The van der Waals surface area contributed by atoms with Crippen LogP contribution in [0.15, 0.2) is 54.1 Å². The monoisotopic (exact) mass is 228 g/mol. The second-order valence-corrected chi connectivity index (χ2v) is 4.79. The van der Waals surface area contributed by atoms with E-state index in [1.165, 1.54) is 11.1 Å². The summed E-state index contributed by atoms with van der Waals surface area (Å²) < 4.78 is 5.66. The van der Waals surface area contributed by atoms with Gasteiger partial charge >= 0.3 is 0 Å². The minimum absolute atomic E-state index is 0.303. The van der Waals surface area contributed by atoms with Crippen molar-refractivity contribution < 1.29 is 4.74 Å². The van der Waals surface area contributed by atoms with Gasteiger partial charge in [-0.25, -0.2) is 0 Å². The van der Waals surface area contributed by atoms with Crippen LogP contribution < -0.4 is 0 Å². The van der Waals surface area contributed by atoms with Gasteiger partial charge in [0.2, 0.25) is 0 Å². The maximum atomic E-state index is 5.66. The molecule has 0 N–H and O–H groups in total. The van der Waals surface area contributed by atoms with E-state index in [9.17, 15) is 0 Å². The van der Waals surface area contributed by atoms with Gasteiger partial charge < -0.3 is 4.74 Å². The zero-order chi connectivity index (χ0) is 12.1. The Morgan fingerprint density at radius 3 is 2.71 bits per heavy atom. The third-order valence-corrected chi connectivity index (χ3v) is 2.99. The van der Waals surface area contributed by atoms with Crippen molar-refractivity contribution in [3.05, 3.63) is 59.7 Å². The lowest BCUT2D eigenvalue weighted by atomic mass is 9.88. The van der Waals surface area contributed by atoms with Gasteiger partial charge in [0, 0.05) is 5.92 Å². The zero-order valence-electron chi connectivity index (χ0n) is 10.6. The predicted molar refractivity (Wildman–Crippen MR) is 72.1 cm³/mol. The number of ether oxygens (including phenoxy) is 1. The van der Waals surface area contributed by atoms with E-state index < -0.39 is 0 Å². The standard InChI is InChI=1S/C16H20O/c1-13(2)17-12-14-7-6-10-16(11-14)15-8-4-3-5-9-15/h3-10,13,16H,11-12H2,1-2H3. The Morgan fingerprint density at radius 2 is 2.00 bits per heavy atom. The Kier molecular flexibility index (Phi) is 4.16. The van der Waals surface area contributed by atoms with E-state index in [-0.39, 0.29) is 0 Å². The fourth-order valence-corrected chi connectivity index (χ4v) is 2.05. The number of allylic oxidation sites excluding steroid dienone is 3. The highest BCUT2D eigenvalue weighted by Gasteiger charge is 2.13. The fraction of sp³-hybridized carbons (Fsp3) is 0.375. The van der Waals surface area contributed by atoms with Crippen molar-refractivity contribution in [1.29, 1.82) is 0 Å². The van der Waals surface area contributed by atoms with Crippen molar-refractivity contribution in [1.82, 2.24) is 0 Å². The minimum atomic E-state index is 0.303. The van der Waals surface area contributed by atoms with Crippen molar-refractivity contribution in [3.8, 4) is 0 Å². The van der Waals surface area contributed by atoms with E-state index in [0.717, 1.165) is 13.0 Å². The summed E-state index contributed by atoms with van der Waals surface area (Å²) >= 11 is 0. The second kappa shape index (κ2) is 5.83. The summed E-state index contributed by atoms with van der Waals surface area (Å²) in [5, 5.41) is 0. The van der Waals surface area contributed by atoms with Gasteiger partial charge in [-0.2, -0.15) is 0 Å². The summed E-state index contributed by atoms with van der Waals surface area (Å²) in [5.41, 5.74) is 2.77. The van der Waals surface area contributed by atoms with Gasteiger partial charge in [-0.15, -0.1) is 0 Å². The molecule has 1 atom stereocenters. The second-order valence-electron chi connectivity index (χ2n) is 4.79. The normalized spacial score (nSPS) is 19.5. The Hall–Kier alpha value is -1.34. The Morgan fingerprint density at radius 1 is 1.24 bits per heavy atom. The van der Waals surface area contributed by atoms with E-state index in [2.05, 4.69) is 62.4 Å². The van der Waals surface area contributed by atoms with Crippen molar-refractivity contribution in [3.63, 3.8) is 0 Å². The molecule has 0 saturated heterocycles. The van der Waals surface area contributed by atoms with E-state index >= 15 is 0 Å². The summed E-state index contributed by atoms with van der Waals surface area (Å²) in [6.07, 6.45) is 7.99. The molecule has 0 amide bonds. The molecular formula is C16H20O. The van der Waals surface area contributed by atoms with Gasteiger partial charge in [-0.1, -0.05) is 48.6 Å². The first-order valence-corrected chi connectivity index (χ1v) is 6.28. The number of rotatable bonds is 4. The molecule has 0 aromatic heterocycles. The maximum absolute atomic E-state index is 5.66. The molecular weight excluding hydrogens is 208 g/mol. The van der Waals surface area contributed by atoms with Crippen LogP contribution in [0.1, 0.15) is 31.7 Å². The summed E-state index contributed by atoms with van der Waals surface area (Å²) in [6, 6.07) is 10.7. The molecule has 1 aromatic rings. The summed E-state index contributed by atoms with van der Waals surface area (Å²) in [7, 11) is 0. The van der Waals surface area contributed by atoms with Gasteiger partial charge in [0.1, 0.15) is 0 Å². The van der Waals surface area contributed by atoms with E-state index in [1.807, 2.05) is 0 Å². The molecule has 1 unspecified atom stereocenters. The Bertz CT molecular complexity index is 401. The summed E-state index contributed by atoms with van der Waals surface area (Å²) in [6.45, 7) is 4.91. The molecule has 2 rings (SSSR count). The average Bonchev–Trinajstić information content (AvgIpc) is 2.38. The van der Waals surface area contributed by atoms with Crippen LogP contribution in [-0.2, 0) is 4.74 Å². The number of hydrogen-bond donors (Lipinski definition) is 0. The molecule has 1 aliphatic rings. The van der Waals surface area contributed by atoms with Crippen LogP contribution >= 0.6 is 0 Å². The van der Waals surface area contributed by atoms with Crippen molar-refractivity contribution in [2.45, 2.75) is 32.3 Å². The van der Waals surface area contributed by atoms with Crippen molar-refractivity contribution in [2.24, 2.45) is 0 Å². The smallest absolute Gasteiger partial charge is 0.0683 e. The third kappa shape index (κ3) is 3.57. The molecule has 1 heteroatoms. The fourth-order valence-electron chi connectivity index (χ4n) is 2.05. The first-order valence-electron chi connectivity index (χ1n) is 6.28. The van der Waals surface area contributed by atoms with Gasteiger partial charge in [-0.3, -0.25) is 0 Å². The lowest BCUT2D eigenvalue weighted by molar-refractivity contribution is 0.0954. The molecule has 1 aromatic carbocycles. The minimum Gasteiger partial charge on any atom is -0.374 e. The van der Waals surface area contributed by atoms with E-state index in [1.54, 1.807) is 0 Å². The maximum Gasteiger partial charge on any atom is 0.0683 e. The molecule has 0 spiro atoms. The topological polar surface area (TPSA) is 9.23 Å². The molecule has 1 nitrogen and oxygen atoms in total. The molecule has 90 valence electrons. The van der Waals surface area contributed by atoms with Crippen LogP contribution in [0, 0.1) is 0 Å². The molecule has 17 heavy (non-hydrogen) atoms. The molecule has 0 radical (unpaired) electrons. The predicted octanol–water partition coefficient (Wildman–Crippen LogP) is 4.08. The first-order chi connectivity index (χ1) is 8.25. The van der Waals surface area contributed by atoms with E-state index in [4.69, 9.17) is 4.74 Å². The lowest BCUT2D eigenvalue weighted by Crippen LogP contribution is -2.09. The highest BCUT2D eigenvalue weighted by atomic mass is 16.5. The van der Waals surface area contributed by atoms with Crippen LogP contribution in [-0.4, -0.2) is 12.7 Å². The van der Waals surface area contributed by atoms with Crippen LogP contribution in [0.2, 0.25) is 0 Å². The highest BCUT2D eigenvalue weighted by Crippen LogP contribution is 2.28. The number of hydrogen-bond acceptors (Lipinski definition) is 1. The largest absolute Gasteiger partial charge is 0.374 e. The van der Waals surface area contributed by atoms with Gasteiger partial charge in [-0.05, 0) is 31.4 Å². The molecule has 0 saturated carbocycles. The van der Waals surface area contributed by atoms with Gasteiger partial charge in [0.15, 0.2) is 0 Å². The quantitative estimate of drug-likeness (QED) is 0.754. The highest BCUT2D eigenvalue weighted by molar-refractivity contribution is 5.31. The van der Waals surface area contributed by atoms with E-state index in [0.29, 0.717) is 12.0 Å². The molecule has 1 aliphatic carbocycles. The van der Waals surface area contributed by atoms with Crippen LogP contribution in [0.3, 0.4) is 0 Å². The Labute approximate surface area is 104 Å². The van der Waals surface area contributed by atoms with Crippen LogP contribution in [0.5, 0.6) is 0 Å². The molecule has 0 heterocycles. The zero-order valence-corrected chi connectivity index (χ0v) is 10.6. The van der Waals surface area contributed by atoms with Gasteiger partial charge in [0.25, 0.3) is 0 Å². The molecule has 0 aliphatic heterocycles. The van der Waals surface area contributed by atoms with Crippen LogP contribution in [0.25, 0.3) is 0 Å². The van der Waals surface area contributed by atoms with Crippen molar-refractivity contribution >= 4 is 0 Å². The SMILES string of the molecule is CC(C)OCC1=CC=CC(c2ccccc2)C1.